The molecule has 10 nitrogen and oxygen atoms in total. The van der Waals surface area contributed by atoms with Crippen molar-refractivity contribution < 1.29 is 42.9 Å². The minimum absolute atomic E-state index is 0.286. The van der Waals surface area contributed by atoms with E-state index in [4.69, 9.17) is 29.4 Å². The van der Waals surface area contributed by atoms with Crippen LogP contribution in [0.3, 0.4) is 0 Å². The highest BCUT2D eigenvalue weighted by Crippen LogP contribution is 2.27. The monoisotopic (exact) mass is 347 g/mol. The van der Waals surface area contributed by atoms with Crippen molar-refractivity contribution in [3.63, 3.8) is 0 Å². The molecule has 0 amide bonds. The van der Waals surface area contributed by atoms with E-state index in [-0.39, 0.29) is 6.61 Å². The second-order valence-electron chi connectivity index (χ2n) is 5.16. The fourth-order valence-corrected chi connectivity index (χ4v) is 2.26. The molecular weight excluding hydrogens is 326 g/mol. The Hall–Kier alpha value is -2.20. The molecule has 0 aromatic carbocycles. The van der Waals surface area contributed by atoms with Crippen LogP contribution in [-0.4, -0.2) is 61.1 Å². The molecule has 1 saturated heterocycles. The number of ether oxygens (including phenoxy) is 5. The Bertz CT molecular complexity index is 506. The minimum Gasteiger partial charge on any atom is -0.463 e. The molecule has 0 spiro atoms. The number of nitrogens with two attached hydrogens (primary N) is 1. The highest BCUT2D eigenvalue weighted by molar-refractivity contribution is 5.68. The predicted molar refractivity (Wildman–Crippen MR) is 76.1 cm³/mol. The summed E-state index contributed by atoms with van der Waals surface area (Å²) >= 11 is 0. The van der Waals surface area contributed by atoms with E-state index in [1.165, 1.54) is 6.92 Å². The Labute approximate surface area is 138 Å². The summed E-state index contributed by atoms with van der Waals surface area (Å²) in [5.41, 5.74) is 5.81. The largest absolute Gasteiger partial charge is 0.463 e. The SMILES string of the molecule is CC(=O)OC[C@H]1OC(N)[C@@H](OC(C)=O)[C@@H](OC(C)=O)[C@@H]1OC(C)=O. The van der Waals surface area contributed by atoms with Gasteiger partial charge in [-0.3, -0.25) is 19.2 Å². The fourth-order valence-electron chi connectivity index (χ4n) is 2.26. The van der Waals surface area contributed by atoms with Crippen LogP contribution in [0, 0.1) is 0 Å². The third-order valence-electron chi connectivity index (χ3n) is 3.03. The smallest absolute Gasteiger partial charge is 0.303 e. The minimum atomic E-state index is -1.21. The molecule has 1 rings (SSSR count). The van der Waals surface area contributed by atoms with Gasteiger partial charge in [0.1, 0.15) is 18.9 Å². The standard InChI is InChI=1S/C14H21NO9/c1-6(16)20-5-10-11(21-7(2)17)12(22-8(3)18)13(14(15)24-10)23-9(4)19/h10-14H,5,15H2,1-4H3/t10-,11-,12+,13+,14?/m1/s1. The van der Waals surface area contributed by atoms with E-state index in [2.05, 4.69) is 0 Å². The Morgan fingerprint density at radius 1 is 0.792 bits per heavy atom. The normalized spacial score (nSPS) is 29.3. The van der Waals surface area contributed by atoms with Crippen molar-refractivity contribution in [2.45, 2.75) is 58.3 Å². The summed E-state index contributed by atoms with van der Waals surface area (Å²) in [6.45, 7) is 4.32. The van der Waals surface area contributed by atoms with E-state index in [1.54, 1.807) is 0 Å². The van der Waals surface area contributed by atoms with Crippen molar-refractivity contribution in [2.75, 3.05) is 6.61 Å². The molecule has 1 aliphatic rings. The lowest BCUT2D eigenvalue weighted by Crippen LogP contribution is -2.64. The lowest BCUT2D eigenvalue weighted by atomic mass is 9.97. The average Bonchev–Trinajstić information content (AvgIpc) is 2.42. The number of hydrogen-bond acceptors (Lipinski definition) is 10. The van der Waals surface area contributed by atoms with E-state index in [9.17, 15) is 19.2 Å². The molecule has 0 aromatic heterocycles. The van der Waals surface area contributed by atoms with Crippen LogP contribution < -0.4 is 5.73 Å². The van der Waals surface area contributed by atoms with Crippen LogP contribution in [0.5, 0.6) is 0 Å². The van der Waals surface area contributed by atoms with Crippen LogP contribution in [0.4, 0.5) is 0 Å². The molecule has 24 heavy (non-hydrogen) atoms. The van der Waals surface area contributed by atoms with E-state index in [0.717, 1.165) is 20.8 Å². The summed E-state index contributed by atoms with van der Waals surface area (Å²) in [5.74, 6) is -2.66. The Balaban J connectivity index is 3.11. The van der Waals surface area contributed by atoms with Crippen molar-refractivity contribution in [1.29, 1.82) is 0 Å². The summed E-state index contributed by atoms with van der Waals surface area (Å²) in [4.78, 5) is 45.0. The molecule has 1 fully saturated rings. The lowest BCUT2D eigenvalue weighted by Gasteiger charge is -2.43. The van der Waals surface area contributed by atoms with Crippen LogP contribution in [0.15, 0.2) is 0 Å². The van der Waals surface area contributed by atoms with Gasteiger partial charge in [-0.25, -0.2) is 0 Å². The zero-order valence-electron chi connectivity index (χ0n) is 13.8. The van der Waals surface area contributed by atoms with Crippen LogP contribution in [0.1, 0.15) is 27.7 Å². The van der Waals surface area contributed by atoms with Gasteiger partial charge in [-0.05, 0) is 0 Å². The molecule has 0 aromatic rings. The molecule has 136 valence electrons. The predicted octanol–water partition coefficient (Wildman–Crippen LogP) is -0.972. The first kappa shape index (κ1) is 19.8. The average molecular weight is 347 g/mol. The summed E-state index contributed by atoms with van der Waals surface area (Å²) < 4.78 is 25.6. The van der Waals surface area contributed by atoms with Gasteiger partial charge in [0.2, 0.25) is 0 Å². The van der Waals surface area contributed by atoms with Crippen molar-refractivity contribution in [1.82, 2.24) is 0 Å². The summed E-state index contributed by atoms with van der Waals surface area (Å²) in [6.07, 6.45) is -5.74. The first-order valence-electron chi connectivity index (χ1n) is 7.18. The Morgan fingerprint density at radius 2 is 1.25 bits per heavy atom. The molecule has 1 aliphatic heterocycles. The Morgan fingerprint density at radius 3 is 1.71 bits per heavy atom. The summed E-state index contributed by atoms with van der Waals surface area (Å²) in [6, 6.07) is 0. The van der Waals surface area contributed by atoms with Crippen LogP contribution >= 0.6 is 0 Å². The van der Waals surface area contributed by atoms with Crippen LogP contribution in [0.2, 0.25) is 0 Å². The summed E-state index contributed by atoms with van der Waals surface area (Å²) in [5, 5.41) is 0. The topological polar surface area (TPSA) is 140 Å². The molecule has 0 saturated carbocycles. The van der Waals surface area contributed by atoms with E-state index in [0.29, 0.717) is 0 Å². The van der Waals surface area contributed by atoms with Gasteiger partial charge in [0.05, 0.1) is 0 Å². The van der Waals surface area contributed by atoms with Gasteiger partial charge in [-0.15, -0.1) is 0 Å². The van der Waals surface area contributed by atoms with Crippen molar-refractivity contribution in [2.24, 2.45) is 5.73 Å². The lowest BCUT2D eigenvalue weighted by molar-refractivity contribution is -0.251. The molecule has 0 aliphatic carbocycles. The van der Waals surface area contributed by atoms with Gasteiger partial charge in [0, 0.05) is 27.7 Å². The maximum Gasteiger partial charge on any atom is 0.303 e. The van der Waals surface area contributed by atoms with Crippen molar-refractivity contribution >= 4 is 23.9 Å². The summed E-state index contributed by atoms with van der Waals surface area (Å²) in [7, 11) is 0. The van der Waals surface area contributed by atoms with Crippen molar-refractivity contribution in [3.05, 3.63) is 0 Å². The van der Waals surface area contributed by atoms with Gasteiger partial charge in [0.25, 0.3) is 0 Å². The van der Waals surface area contributed by atoms with Gasteiger partial charge in [0.15, 0.2) is 18.3 Å². The number of hydrogen-bond donors (Lipinski definition) is 1. The zero-order chi connectivity index (χ0) is 18.4. The van der Waals surface area contributed by atoms with E-state index >= 15 is 0 Å². The molecule has 1 heterocycles. The van der Waals surface area contributed by atoms with E-state index in [1.807, 2.05) is 0 Å². The van der Waals surface area contributed by atoms with Crippen LogP contribution in [0.25, 0.3) is 0 Å². The number of rotatable bonds is 5. The number of carbonyl (C=O) groups excluding carboxylic acids is 4. The zero-order valence-corrected chi connectivity index (χ0v) is 13.8. The van der Waals surface area contributed by atoms with Gasteiger partial charge in [-0.1, -0.05) is 0 Å². The number of esters is 4. The second kappa shape index (κ2) is 8.60. The molecule has 2 N–H and O–H groups in total. The van der Waals surface area contributed by atoms with Gasteiger partial charge >= 0.3 is 23.9 Å². The maximum absolute atomic E-state index is 11.4. The van der Waals surface area contributed by atoms with Crippen molar-refractivity contribution in [3.8, 4) is 0 Å². The molecule has 0 radical (unpaired) electrons. The highest BCUT2D eigenvalue weighted by atomic mass is 16.7. The van der Waals surface area contributed by atoms with Gasteiger partial charge < -0.3 is 29.4 Å². The molecule has 10 heteroatoms. The quantitative estimate of drug-likeness (QED) is 0.487. The van der Waals surface area contributed by atoms with Crippen LogP contribution in [-0.2, 0) is 42.9 Å². The first-order chi connectivity index (χ1) is 11.1. The third-order valence-corrected chi connectivity index (χ3v) is 3.03. The maximum atomic E-state index is 11.4. The molecule has 5 atom stereocenters. The first-order valence-corrected chi connectivity index (χ1v) is 7.18. The van der Waals surface area contributed by atoms with Gasteiger partial charge in [-0.2, -0.15) is 0 Å². The number of carbonyl (C=O) groups is 4. The third kappa shape index (κ3) is 5.78. The molecular formula is C14H21NO9. The Kier molecular flexibility index (Phi) is 7.11. The fraction of sp³-hybridized carbons (Fsp3) is 0.714. The van der Waals surface area contributed by atoms with E-state index < -0.39 is 54.5 Å². The molecule has 0 bridgehead atoms. The highest BCUT2D eigenvalue weighted by Gasteiger charge is 2.51. The molecule has 1 unspecified atom stereocenters. The second-order valence-corrected chi connectivity index (χ2v) is 5.16.